The lowest BCUT2D eigenvalue weighted by molar-refractivity contribution is -0.120. The van der Waals surface area contributed by atoms with E-state index in [-0.39, 0.29) is 11.7 Å². The Labute approximate surface area is 166 Å². The molecule has 1 heterocycles. The Kier molecular flexibility index (Phi) is 6.59. The molecule has 1 aromatic heterocycles. The van der Waals surface area contributed by atoms with Gasteiger partial charge in [-0.1, -0.05) is 36.0 Å². The molecule has 0 radical (unpaired) electrons. The molecule has 0 unspecified atom stereocenters. The SMILES string of the molecule is COc1ccccc1-n1nnnc1S[C@@H](C)C(=O)NCCc1ccc(F)cc1. The molecule has 1 amide bonds. The molecular formula is C19H20FN5O2S. The van der Waals surface area contributed by atoms with Gasteiger partial charge in [0.2, 0.25) is 11.1 Å². The summed E-state index contributed by atoms with van der Waals surface area (Å²) in [6, 6.07) is 13.6. The number of ether oxygens (including phenoxy) is 1. The average molecular weight is 401 g/mol. The maximum Gasteiger partial charge on any atom is 0.233 e. The molecule has 0 aliphatic heterocycles. The van der Waals surface area contributed by atoms with Crippen LogP contribution in [0.25, 0.3) is 5.69 Å². The molecule has 1 atom stereocenters. The molecule has 0 aliphatic rings. The highest BCUT2D eigenvalue weighted by Crippen LogP contribution is 2.27. The highest BCUT2D eigenvalue weighted by atomic mass is 32.2. The molecule has 0 saturated carbocycles. The number of hydrogen-bond acceptors (Lipinski definition) is 6. The third-order valence-electron chi connectivity index (χ3n) is 4.03. The summed E-state index contributed by atoms with van der Waals surface area (Å²) in [6.07, 6.45) is 0.627. The third kappa shape index (κ3) is 4.86. The summed E-state index contributed by atoms with van der Waals surface area (Å²) in [5.74, 6) is 0.236. The first-order chi connectivity index (χ1) is 13.6. The second kappa shape index (κ2) is 9.32. The topological polar surface area (TPSA) is 81.9 Å². The largest absolute Gasteiger partial charge is 0.494 e. The van der Waals surface area contributed by atoms with Gasteiger partial charge in [-0.05, 0) is 53.6 Å². The molecule has 0 fully saturated rings. The summed E-state index contributed by atoms with van der Waals surface area (Å²) < 4.78 is 19.8. The van der Waals surface area contributed by atoms with Crippen LogP contribution < -0.4 is 10.1 Å². The Morgan fingerprint density at radius 2 is 2.00 bits per heavy atom. The maximum absolute atomic E-state index is 12.9. The van der Waals surface area contributed by atoms with Crippen molar-refractivity contribution < 1.29 is 13.9 Å². The van der Waals surface area contributed by atoms with Gasteiger partial charge in [-0.2, -0.15) is 4.68 Å². The summed E-state index contributed by atoms with van der Waals surface area (Å²) in [5.41, 5.74) is 1.66. The van der Waals surface area contributed by atoms with Crippen LogP contribution in [0.1, 0.15) is 12.5 Å². The van der Waals surface area contributed by atoms with Crippen LogP contribution in [0.4, 0.5) is 4.39 Å². The van der Waals surface area contributed by atoms with E-state index in [1.807, 2.05) is 24.3 Å². The predicted octanol–water partition coefficient (Wildman–Crippen LogP) is 2.65. The predicted molar refractivity (Wildman–Crippen MR) is 104 cm³/mol. The number of hydrogen-bond donors (Lipinski definition) is 1. The van der Waals surface area contributed by atoms with Crippen LogP contribution in [0.3, 0.4) is 0 Å². The molecule has 3 aromatic rings. The summed E-state index contributed by atoms with van der Waals surface area (Å²) in [7, 11) is 1.58. The van der Waals surface area contributed by atoms with E-state index in [1.165, 1.54) is 23.9 Å². The van der Waals surface area contributed by atoms with Crippen LogP contribution in [-0.2, 0) is 11.2 Å². The van der Waals surface area contributed by atoms with E-state index < -0.39 is 5.25 Å². The van der Waals surface area contributed by atoms with Crippen molar-refractivity contribution in [3.05, 3.63) is 59.9 Å². The van der Waals surface area contributed by atoms with E-state index in [4.69, 9.17) is 4.74 Å². The first-order valence-corrected chi connectivity index (χ1v) is 9.57. The standard InChI is InChI=1S/C19H20FN5O2S/c1-13(18(26)21-12-11-14-7-9-15(20)10-8-14)28-19-22-23-24-25(19)16-5-3-4-6-17(16)27-2/h3-10,13H,11-12H2,1-2H3,(H,21,26)/t13-/m0/s1. The smallest absolute Gasteiger partial charge is 0.233 e. The minimum atomic E-state index is -0.396. The van der Waals surface area contributed by atoms with E-state index in [0.717, 1.165) is 5.56 Å². The number of carbonyl (C=O) groups excluding carboxylic acids is 1. The number of tetrazole rings is 1. The van der Waals surface area contributed by atoms with E-state index in [1.54, 1.807) is 30.8 Å². The van der Waals surface area contributed by atoms with Gasteiger partial charge < -0.3 is 10.1 Å². The summed E-state index contributed by atoms with van der Waals surface area (Å²) in [6.45, 7) is 2.26. The Hall–Kier alpha value is -2.94. The summed E-state index contributed by atoms with van der Waals surface area (Å²) in [5, 5.41) is 14.7. The van der Waals surface area contributed by atoms with Crippen molar-refractivity contribution in [2.75, 3.05) is 13.7 Å². The normalized spacial score (nSPS) is 11.8. The zero-order valence-corrected chi connectivity index (χ0v) is 16.3. The fourth-order valence-electron chi connectivity index (χ4n) is 2.54. The molecule has 0 spiro atoms. The lowest BCUT2D eigenvalue weighted by atomic mass is 10.1. The first-order valence-electron chi connectivity index (χ1n) is 8.69. The molecule has 0 aliphatic carbocycles. The van der Waals surface area contributed by atoms with E-state index in [2.05, 4.69) is 20.8 Å². The van der Waals surface area contributed by atoms with Crippen molar-refractivity contribution >= 4 is 17.7 Å². The molecular weight excluding hydrogens is 381 g/mol. The highest BCUT2D eigenvalue weighted by Gasteiger charge is 2.20. The zero-order valence-electron chi connectivity index (χ0n) is 15.5. The van der Waals surface area contributed by atoms with Crippen LogP contribution in [0, 0.1) is 5.82 Å². The van der Waals surface area contributed by atoms with Gasteiger partial charge in [0, 0.05) is 6.54 Å². The van der Waals surface area contributed by atoms with Gasteiger partial charge in [-0.3, -0.25) is 4.79 Å². The fourth-order valence-corrected chi connectivity index (χ4v) is 3.37. The monoisotopic (exact) mass is 401 g/mol. The van der Waals surface area contributed by atoms with Crippen molar-refractivity contribution in [2.24, 2.45) is 0 Å². The average Bonchev–Trinajstić information content (AvgIpc) is 3.17. The third-order valence-corrected chi connectivity index (χ3v) is 5.06. The second-order valence-electron chi connectivity index (χ2n) is 5.97. The number of methoxy groups -OCH3 is 1. The first kappa shape index (κ1) is 19.8. The molecule has 0 bridgehead atoms. The number of para-hydroxylation sites is 2. The van der Waals surface area contributed by atoms with Crippen LogP contribution in [-0.4, -0.2) is 45.0 Å². The molecule has 9 heteroatoms. The van der Waals surface area contributed by atoms with Crippen LogP contribution in [0.2, 0.25) is 0 Å². The number of nitrogens with one attached hydrogen (secondary N) is 1. The number of carbonyl (C=O) groups is 1. The summed E-state index contributed by atoms with van der Waals surface area (Å²) >= 11 is 1.26. The van der Waals surface area contributed by atoms with E-state index in [9.17, 15) is 9.18 Å². The second-order valence-corrected chi connectivity index (χ2v) is 7.28. The van der Waals surface area contributed by atoms with Crippen molar-refractivity contribution in [1.82, 2.24) is 25.5 Å². The van der Waals surface area contributed by atoms with Crippen LogP contribution in [0.5, 0.6) is 5.75 Å². The minimum absolute atomic E-state index is 0.123. The number of halogens is 1. The molecule has 1 N–H and O–H groups in total. The number of aromatic nitrogens is 4. The molecule has 3 rings (SSSR count). The fraction of sp³-hybridized carbons (Fsp3) is 0.263. The maximum atomic E-state index is 12.9. The molecule has 2 aromatic carbocycles. The van der Waals surface area contributed by atoms with Gasteiger partial charge in [0.15, 0.2) is 0 Å². The Bertz CT molecular complexity index is 932. The van der Waals surface area contributed by atoms with Gasteiger partial charge in [-0.25, -0.2) is 4.39 Å². The van der Waals surface area contributed by atoms with Crippen LogP contribution >= 0.6 is 11.8 Å². The number of thioether (sulfide) groups is 1. The quantitative estimate of drug-likeness (QED) is 0.585. The zero-order chi connectivity index (χ0) is 19.9. The van der Waals surface area contributed by atoms with Crippen molar-refractivity contribution in [2.45, 2.75) is 23.8 Å². The molecule has 7 nitrogen and oxygen atoms in total. The van der Waals surface area contributed by atoms with E-state index in [0.29, 0.717) is 29.6 Å². The van der Waals surface area contributed by atoms with Crippen molar-refractivity contribution in [3.63, 3.8) is 0 Å². The lowest BCUT2D eigenvalue weighted by Gasteiger charge is -2.13. The number of nitrogens with zero attached hydrogens (tertiary/aromatic N) is 4. The van der Waals surface area contributed by atoms with Gasteiger partial charge >= 0.3 is 0 Å². The van der Waals surface area contributed by atoms with Gasteiger partial charge in [0.25, 0.3) is 0 Å². The van der Waals surface area contributed by atoms with E-state index >= 15 is 0 Å². The Morgan fingerprint density at radius 1 is 1.25 bits per heavy atom. The Balaban J connectivity index is 1.59. The summed E-state index contributed by atoms with van der Waals surface area (Å²) in [4.78, 5) is 12.4. The van der Waals surface area contributed by atoms with Gasteiger partial charge in [0.1, 0.15) is 17.3 Å². The Morgan fingerprint density at radius 3 is 2.75 bits per heavy atom. The lowest BCUT2D eigenvalue weighted by Crippen LogP contribution is -2.32. The number of benzene rings is 2. The van der Waals surface area contributed by atoms with Gasteiger partial charge in [-0.15, -0.1) is 5.10 Å². The highest BCUT2D eigenvalue weighted by molar-refractivity contribution is 8.00. The minimum Gasteiger partial charge on any atom is -0.494 e. The van der Waals surface area contributed by atoms with Gasteiger partial charge in [0.05, 0.1) is 12.4 Å². The number of amides is 1. The number of rotatable bonds is 8. The molecule has 28 heavy (non-hydrogen) atoms. The molecule has 146 valence electrons. The van der Waals surface area contributed by atoms with Crippen LogP contribution in [0.15, 0.2) is 53.7 Å². The van der Waals surface area contributed by atoms with Crippen molar-refractivity contribution in [3.8, 4) is 11.4 Å². The van der Waals surface area contributed by atoms with Crippen molar-refractivity contribution in [1.29, 1.82) is 0 Å². The molecule has 0 saturated heterocycles.